The Hall–Kier alpha value is -1.80. The zero-order valence-electron chi connectivity index (χ0n) is 10.6. The van der Waals surface area contributed by atoms with Crippen LogP contribution in [-0.2, 0) is 11.3 Å². The molecular formula is C11H14N4O3S. The Bertz CT molecular complexity index is 566. The fourth-order valence-corrected chi connectivity index (χ4v) is 2.42. The first-order chi connectivity index (χ1) is 9.10. The second-order valence-electron chi connectivity index (χ2n) is 3.93. The van der Waals surface area contributed by atoms with Gasteiger partial charge in [0.2, 0.25) is 0 Å². The normalized spacial score (nSPS) is 12.5. The van der Waals surface area contributed by atoms with Crippen LogP contribution in [0.2, 0.25) is 0 Å². The van der Waals surface area contributed by atoms with Crippen molar-refractivity contribution in [3.63, 3.8) is 0 Å². The van der Waals surface area contributed by atoms with Crippen molar-refractivity contribution in [2.45, 2.75) is 26.5 Å². The van der Waals surface area contributed by atoms with Crippen LogP contribution in [0.15, 0.2) is 17.8 Å². The quantitative estimate of drug-likeness (QED) is 0.600. The molecule has 2 rings (SSSR count). The number of aromatic nitrogens is 3. The summed E-state index contributed by atoms with van der Waals surface area (Å²) in [6.07, 6.45) is 2.59. The number of ether oxygens (including phenoxy) is 1. The molecule has 19 heavy (non-hydrogen) atoms. The van der Waals surface area contributed by atoms with Crippen molar-refractivity contribution in [3.05, 3.63) is 38.6 Å². The van der Waals surface area contributed by atoms with Gasteiger partial charge in [-0.2, -0.15) is 5.10 Å². The SMILES string of the molecule is CCO[C@H](C)c1nc(Cn2cc([N+](=O)[O-])cn2)cs1. The molecule has 0 saturated carbocycles. The second-order valence-corrected chi connectivity index (χ2v) is 4.82. The molecule has 0 aromatic carbocycles. The third-order valence-electron chi connectivity index (χ3n) is 2.49. The highest BCUT2D eigenvalue weighted by Gasteiger charge is 2.12. The van der Waals surface area contributed by atoms with Crippen molar-refractivity contribution in [1.82, 2.24) is 14.8 Å². The van der Waals surface area contributed by atoms with Gasteiger partial charge in [0.1, 0.15) is 23.5 Å². The highest BCUT2D eigenvalue weighted by atomic mass is 32.1. The smallest absolute Gasteiger partial charge is 0.307 e. The van der Waals surface area contributed by atoms with Gasteiger partial charge in [-0.15, -0.1) is 11.3 Å². The first-order valence-electron chi connectivity index (χ1n) is 5.83. The minimum absolute atomic E-state index is 0.0156. The summed E-state index contributed by atoms with van der Waals surface area (Å²) in [5.74, 6) is 0. The van der Waals surface area contributed by atoms with E-state index in [4.69, 9.17) is 4.74 Å². The van der Waals surface area contributed by atoms with Gasteiger partial charge in [0.05, 0.1) is 17.2 Å². The molecule has 7 nitrogen and oxygen atoms in total. The van der Waals surface area contributed by atoms with Gasteiger partial charge in [-0.05, 0) is 13.8 Å². The van der Waals surface area contributed by atoms with Crippen LogP contribution in [0, 0.1) is 10.1 Å². The molecule has 0 amide bonds. The van der Waals surface area contributed by atoms with Gasteiger partial charge in [-0.25, -0.2) is 4.98 Å². The first-order valence-corrected chi connectivity index (χ1v) is 6.71. The van der Waals surface area contributed by atoms with E-state index >= 15 is 0 Å². The van der Waals surface area contributed by atoms with E-state index in [2.05, 4.69) is 10.1 Å². The Labute approximate surface area is 114 Å². The molecule has 8 heteroatoms. The first kappa shape index (κ1) is 13.6. The standard InChI is InChI=1S/C11H14N4O3S/c1-3-18-8(2)11-13-9(7-19-11)5-14-6-10(4-12-14)15(16)17/h4,6-8H,3,5H2,1-2H3/t8-/m1/s1. The Balaban J connectivity index is 2.04. The molecule has 0 spiro atoms. The second kappa shape index (κ2) is 5.89. The third-order valence-corrected chi connectivity index (χ3v) is 3.54. The summed E-state index contributed by atoms with van der Waals surface area (Å²) in [7, 11) is 0. The molecule has 102 valence electrons. The van der Waals surface area contributed by atoms with Crippen molar-refractivity contribution < 1.29 is 9.66 Å². The summed E-state index contributed by atoms with van der Waals surface area (Å²) in [6, 6.07) is 0. The molecule has 2 aromatic heterocycles. The Morgan fingerprint density at radius 2 is 2.42 bits per heavy atom. The van der Waals surface area contributed by atoms with E-state index in [1.807, 2.05) is 19.2 Å². The molecular weight excluding hydrogens is 268 g/mol. The summed E-state index contributed by atoms with van der Waals surface area (Å²) in [4.78, 5) is 14.5. The summed E-state index contributed by atoms with van der Waals surface area (Å²) < 4.78 is 6.97. The zero-order valence-corrected chi connectivity index (χ0v) is 11.5. The molecule has 2 aromatic rings. The fraction of sp³-hybridized carbons (Fsp3) is 0.455. The van der Waals surface area contributed by atoms with E-state index in [-0.39, 0.29) is 11.8 Å². The molecule has 0 aliphatic rings. The molecule has 0 radical (unpaired) electrons. The molecule has 0 fully saturated rings. The van der Waals surface area contributed by atoms with Crippen LogP contribution in [0.3, 0.4) is 0 Å². The number of thiazole rings is 1. The van der Waals surface area contributed by atoms with Crippen LogP contribution in [-0.4, -0.2) is 26.3 Å². The third kappa shape index (κ3) is 3.36. The van der Waals surface area contributed by atoms with E-state index in [9.17, 15) is 10.1 Å². The highest BCUT2D eigenvalue weighted by Crippen LogP contribution is 2.21. The Kier molecular flexibility index (Phi) is 4.23. The van der Waals surface area contributed by atoms with Gasteiger partial charge in [0.25, 0.3) is 0 Å². The summed E-state index contributed by atoms with van der Waals surface area (Å²) >= 11 is 1.52. The van der Waals surface area contributed by atoms with E-state index in [0.717, 1.165) is 10.7 Å². The predicted octanol–water partition coefficient (Wildman–Crippen LogP) is 2.39. The lowest BCUT2D eigenvalue weighted by molar-refractivity contribution is -0.385. The lowest BCUT2D eigenvalue weighted by Crippen LogP contribution is -2.02. The molecule has 0 bridgehead atoms. The van der Waals surface area contributed by atoms with E-state index < -0.39 is 4.92 Å². The molecule has 0 N–H and O–H groups in total. The van der Waals surface area contributed by atoms with E-state index in [0.29, 0.717) is 13.2 Å². The summed E-state index contributed by atoms with van der Waals surface area (Å²) in [6.45, 7) is 4.95. The average molecular weight is 282 g/mol. The largest absolute Gasteiger partial charge is 0.372 e. The zero-order chi connectivity index (χ0) is 13.8. The van der Waals surface area contributed by atoms with Gasteiger partial charge in [0.15, 0.2) is 0 Å². The minimum Gasteiger partial charge on any atom is -0.372 e. The highest BCUT2D eigenvalue weighted by molar-refractivity contribution is 7.09. The van der Waals surface area contributed by atoms with Gasteiger partial charge >= 0.3 is 5.69 Å². The molecule has 0 aliphatic heterocycles. The van der Waals surface area contributed by atoms with Crippen molar-refractivity contribution in [1.29, 1.82) is 0 Å². The molecule has 0 unspecified atom stereocenters. The van der Waals surface area contributed by atoms with Crippen LogP contribution >= 0.6 is 11.3 Å². The van der Waals surface area contributed by atoms with Gasteiger partial charge in [-0.1, -0.05) is 0 Å². The number of nitro groups is 1. The maximum Gasteiger partial charge on any atom is 0.307 e. The van der Waals surface area contributed by atoms with Gasteiger partial charge in [-0.3, -0.25) is 14.8 Å². The van der Waals surface area contributed by atoms with Crippen LogP contribution in [0.4, 0.5) is 5.69 Å². The van der Waals surface area contributed by atoms with Crippen LogP contribution in [0.25, 0.3) is 0 Å². The van der Waals surface area contributed by atoms with Crippen LogP contribution < -0.4 is 0 Å². The monoisotopic (exact) mass is 282 g/mol. The number of hydrogen-bond acceptors (Lipinski definition) is 6. The Morgan fingerprint density at radius 3 is 3.05 bits per heavy atom. The molecule has 1 atom stereocenters. The topological polar surface area (TPSA) is 83.1 Å². The average Bonchev–Trinajstić information content (AvgIpc) is 2.99. The summed E-state index contributed by atoms with van der Waals surface area (Å²) in [5.41, 5.74) is 0.808. The number of rotatable bonds is 6. The Morgan fingerprint density at radius 1 is 1.63 bits per heavy atom. The van der Waals surface area contributed by atoms with Crippen LogP contribution in [0.5, 0.6) is 0 Å². The van der Waals surface area contributed by atoms with Crippen molar-refractivity contribution >= 4 is 17.0 Å². The maximum absolute atomic E-state index is 10.6. The van der Waals surface area contributed by atoms with E-state index in [1.165, 1.54) is 28.4 Å². The summed E-state index contributed by atoms with van der Waals surface area (Å²) in [5, 5.41) is 17.3. The fourth-order valence-electron chi connectivity index (χ4n) is 1.60. The number of hydrogen-bond donors (Lipinski definition) is 0. The molecule has 2 heterocycles. The maximum atomic E-state index is 10.6. The van der Waals surface area contributed by atoms with Gasteiger partial charge in [0, 0.05) is 12.0 Å². The van der Waals surface area contributed by atoms with E-state index in [1.54, 1.807) is 0 Å². The molecule has 0 aliphatic carbocycles. The van der Waals surface area contributed by atoms with Crippen molar-refractivity contribution in [3.8, 4) is 0 Å². The molecule has 0 saturated heterocycles. The minimum atomic E-state index is -0.465. The lowest BCUT2D eigenvalue weighted by atomic mass is 10.4. The lowest BCUT2D eigenvalue weighted by Gasteiger charge is -2.06. The van der Waals surface area contributed by atoms with Gasteiger partial charge < -0.3 is 4.74 Å². The van der Waals surface area contributed by atoms with Crippen LogP contribution in [0.1, 0.15) is 30.7 Å². The predicted molar refractivity (Wildman–Crippen MR) is 70.1 cm³/mol. The van der Waals surface area contributed by atoms with Crippen molar-refractivity contribution in [2.75, 3.05) is 6.61 Å². The van der Waals surface area contributed by atoms with Crippen molar-refractivity contribution in [2.24, 2.45) is 0 Å². The number of nitrogens with zero attached hydrogens (tertiary/aromatic N) is 4.